The topological polar surface area (TPSA) is 69.0 Å². The lowest BCUT2D eigenvalue weighted by Crippen LogP contribution is -2.10. The van der Waals surface area contributed by atoms with E-state index >= 15 is 0 Å². The Balaban J connectivity index is 2.21. The van der Waals surface area contributed by atoms with E-state index in [0.29, 0.717) is 12.2 Å². The average Bonchev–Trinajstić information content (AvgIpc) is 2.81. The summed E-state index contributed by atoms with van der Waals surface area (Å²) in [7, 11) is 3.03. The molecule has 100 valence electrons. The van der Waals surface area contributed by atoms with Crippen LogP contribution in [0.5, 0.6) is 0 Å². The predicted octanol–water partition coefficient (Wildman–Crippen LogP) is 1.35. The molecule has 19 heavy (non-hydrogen) atoms. The molecule has 0 amide bonds. The number of nitrogens with one attached hydrogen (secondary N) is 1. The number of anilines is 1. The van der Waals surface area contributed by atoms with E-state index in [1.54, 1.807) is 17.9 Å². The van der Waals surface area contributed by atoms with Gasteiger partial charge in [0.15, 0.2) is 0 Å². The zero-order chi connectivity index (χ0) is 13.8. The minimum absolute atomic E-state index is 0.277. The van der Waals surface area contributed by atoms with Gasteiger partial charge >= 0.3 is 5.97 Å². The lowest BCUT2D eigenvalue weighted by molar-refractivity contribution is 0.0602. The molecular weight excluding hydrogens is 251 g/mol. The number of aryl methyl sites for hydroxylation is 1. The summed E-state index contributed by atoms with van der Waals surface area (Å²) >= 11 is 0. The standard InChI is InChI=1S/C12H13FN4O2/c1-17-9(7-15-16-17)6-14-11-5-8(13)3-4-10(11)12(18)19-2/h3-5,7,14H,6H2,1-2H3. The Hall–Kier alpha value is -2.44. The second-order valence-electron chi connectivity index (χ2n) is 3.88. The Morgan fingerprint density at radius 2 is 2.32 bits per heavy atom. The highest BCUT2D eigenvalue weighted by Crippen LogP contribution is 2.19. The van der Waals surface area contributed by atoms with Crippen LogP contribution >= 0.6 is 0 Å². The van der Waals surface area contributed by atoms with Crippen molar-refractivity contribution in [3.63, 3.8) is 0 Å². The molecule has 2 rings (SSSR count). The molecule has 0 aliphatic rings. The Morgan fingerprint density at radius 3 is 2.95 bits per heavy atom. The molecule has 0 saturated heterocycles. The van der Waals surface area contributed by atoms with Gasteiger partial charge in [-0.2, -0.15) is 0 Å². The maximum absolute atomic E-state index is 13.2. The first kappa shape index (κ1) is 13.0. The van der Waals surface area contributed by atoms with Crippen LogP contribution in [0, 0.1) is 5.82 Å². The first-order chi connectivity index (χ1) is 9.11. The summed E-state index contributed by atoms with van der Waals surface area (Å²) in [6.07, 6.45) is 1.59. The number of ether oxygens (including phenoxy) is 1. The molecule has 1 N–H and O–H groups in total. The Morgan fingerprint density at radius 1 is 1.53 bits per heavy atom. The number of halogens is 1. The van der Waals surface area contributed by atoms with E-state index in [4.69, 9.17) is 0 Å². The van der Waals surface area contributed by atoms with Crippen molar-refractivity contribution in [3.8, 4) is 0 Å². The molecule has 0 bridgehead atoms. The molecule has 2 aromatic rings. The number of hydrogen-bond donors (Lipinski definition) is 1. The molecule has 7 heteroatoms. The normalized spacial score (nSPS) is 10.3. The van der Waals surface area contributed by atoms with Crippen molar-refractivity contribution in [1.29, 1.82) is 0 Å². The number of methoxy groups -OCH3 is 1. The van der Waals surface area contributed by atoms with Crippen LogP contribution in [0.1, 0.15) is 16.1 Å². The first-order valence-electron chi connectivity index (χ1n) is 5.57. The second kappa shape index (κ2) is 5.47. The number of hydrogen-bond acceptors (Lipinski definition) is 5. The van der Waals surface area contributed by atoms with Crippen molar-refractivity contribution in [2.45, 2.75) is 6.54 Å². The summed E-state index contributed by atoms with van der Waals surface area (Å²) in [5, 5.41) is 10.5. The number of rotatable bonds is 4. The highest BCUT2D eigenvalue weighted by molar-refractivity contribution is 5.95. The Bertz CT molecular complexity index is 597. The largest absolute Gasteiger partial charge is 0.465 e. The van der Waals surface area contributed by atoms with Crippen LogP contribution in [0.3, 0.4) is 0 Å². The van der Waals surface area contributed by atoms with Crippen molar-refractivity contribution in [3.05, 3.63) is 41.5 Å². The number of esters is 1. The molecule has 0 fully saturated rings. The Labute approximate surface area is 109 Å². The van der Waals surface area contributed by atoms with E-state index in [1.807, 2.05) is 0 Å². The van der Waals surface area contributed by atoms with Crippen molar-refractivity contribution in [1.82, 2.24) is 15.0 Å². The van der Waals surface area contributed by atoms with Crippen molar-refractivity contribution >= 4 is 11.7 Å². The van der Waals surface area contributed by atoms with Gasteiger partial charge in [0.1, 0.15) is 5.82 Å². The molecular formula is C12H13FN4O2. The summed E-state index contributed by atoms with van der Waals surface area (Å²) in [6, 6.07) is 3.84. The smallest absolute Gasteiger partial charge is 0.339 e. The average molecular weight is 264 g/mol. The first-order valence-corrected chi connectivity index (χ1v) is 5.57. The van der Waals surface area contributed by atoms with Crippen molar-refractivity contribution < 1.29 is 13.9 Å². The third kappa shape index (κ3) is 2.87. The second-order valence-corrected chi connectivity index (χ2v) is 3.88. The van der Waals surface area contributed by atoms with E-state index < -0.39 is 11.8 Å². The zero-order valence-corrected chi connectivity index (χ0v) is 10.6. The van der Waals surface area contributed by atoms with Crippen LogP contribution in [0.25, 0.3) is 0 Å². The molecule has 0 radical (unpaired) electrons. The van der Waals surface area contributed by atoms with Gasteiger partial charge in [0, 0.05) is 7.05 Å². The third-order valence-electron chi connectivity index (χ3n) is 2.66. The number of nitrogens with zero attached hydrogens (tertiary/aromatic N) is 3. The fraction of sp³-hybridized carbons (Fsp3) is 0.250. The van der Waals surface area contributed by atoms with Crippen LogP contribution in [-0.4, -0.2) is 28.1 Å². The third-order valence-corrected chi connectivity index (χ3v) is 2.66. The lowest BCUT2D eigenvalue weighted by Gasteiger charge is -2.10. The molecule has 0 spiro atoms. The highest BCUT2D eigenvalue weighted by Gasteiger charge is 2.13. The van der Waals surface area contributed by atoms with Gasteiger partial charge in [-0.1, -0.05) is 5.21 Å². The van der Waals surface area contributed by atoms with Gasteiger partial charge in [-0.15, -0.1) is 5.10 Å². The summed E-state index contributed by atoms with van der Waals surface area (Å²) in [4.78, 5) is 11.6. The molecule has 6 nitrogen and oxygen atoms in total. The van der Waals surface area contributed by atoms with Gasteiger partial charge in [-0.25, -0.2) is 9.18 Å². The zero-order valence-electron chi connectivity index (χ0n) is 10.6. The van der Waals surface area contributed by atoms with Gasteiger partial charge in [-0.3, -0.25) is 4.68 Å². The van der Waals surface area contributed by atoms with Crippen LogP contribution in [0.15, 0.2) is 24.4 Å². The summed E-state index contributed by atoms with van der Waals surface area (Å²) in [6.45, 7) is 0.372. The number of aromatic nitrogens is 3. The van der Waals surface area contributed by atoms with E-state index in [9.17, 15) is 9.18 Å². The van der Waals surface area contributed by atoms with E-state index in [2.05, 4.69) is 20.4 Å². The van der Waals surface area contributed by atoms with Crippen LogP contribution < -0.4 is 5.32 Å². The summed E-state index contributed by atoms with van der Waals surface area (Å²) < 4.78 is 19.5. The van der Waals surface area contributed by atoms with E-state index in [0.717, 1.165) is 5.69 Å². The number of carbonyl (C=O) groups excluding carboxylic acids is 1. The van der Waals surface area contributed by atoms with E-state index in [1.165, 1.54) is 25.3 Å². The molecule has 0 aliphatic heterocycles. The molecule has 0 aliphatic carbocycles. The molecule has 1 aromatic carbocycles. The number of benzene rings is 1. The van der Waals surface area contributed by atoms with Gasteiger partial charge < -0.3 is 10.1 Å². The van der Waals surface area contributed by atoms with Crippen LogP contribution in [0.2, 0.25) is 0 Å². The highest BCUT2D eigenvalue weighted by atomic mass is 19.1. The van der Waals surface area contributed by atoms with Gasteiger partial charge in [0.05, 0.1) is 36.8 Å². The maximum atomic E-state index is 13.2. The predicted molar refractivity (Wildman–Crippen MR) is 66.1 cm³/mol. The summed E-state index contributed by atoms with van der Waals surface area (Å²) in [5.74, 6) is -0.955. The monoisotopic (exact) mass is 264 g/mol. The van der Waals surface area contributed by atoms with Gasteiger partial charge in [-0.05, 0) is 18.2 Å². The summed E-state index contributed by atoms with van der Waals surface area (Å²) in [5.41, 5.74) is 1.45. The SMILES string of the molecule is COC(=O)c1ccc(F)cc1NCc1cnnn1C. The van der Waals surface area contributed by atoms with Crippen LogP contribution in [-0.2, 0) is 18.3 Å². The fourth-order valence-corrected chi connectivity index (χ4v) is 1.61. The molecule has 0 saturated carbocycles. The molecule has 1 aromatic heterocycles. The molecule has 0 atom stereocenters. The van der Waals surface area contributed by atoms with E-state index in [-0.39, 0.29) is 5.56 Å². The van der Waals surface area contributed by atoms with Crippen LogP contribution in [0.4, 0.5) is 10.1 Å². The molecule has 1 heterocycles. The van der Waals surface area contributed by atoms with Gasteiger partial charge in [0.25, 0.3) is 0 Å². The quantitative estimate of drug-likeness (QED) is 0.844. The van der Waals surface area contributed by atoms with Crippen molar-refractivity contribution in [2.75, 3.05) is 12.4 Å². The fourth-order valence-electron chi connectivity index (χ4n) is 1.61. The minimum Gasteiger partial charge on any atom is -0.465 e. The Kier molecular flexibility index (Phi) is 3.74. The van der Waals surface area contributed by atoms with Gasteiger partial charge in [0.2, 0.25) is 0 Å². The lowest BCUT2D eigenvalue weighted by atomic mass is 10.1. The van der Waals surface area contributed by atoms with Crippen molar-refractivity contribution in [2.24, 2.45) is 7.05 Å². The molecule has 0 unspecified atom stereocenters. The maximum Gasteiger partial charge on any atom is 0.339 e. The number of carbonyl (C=O) groups is 1. The minimum atomic E-state index is -0.523.